The minimum Gasteiger partial charge on any atom is -0.397 e. The van der Waals surface area contributed by atoms with Crippen LogP contribution in [0.5, 0.6) is 0 Å². The van der Waals surface area contributed by atoms with Crippen molar-refractivity contribution >= 4 is 28.9 Å². The third-order valence-electron chi connectivity index (χ3n) is 1.59. The van der Waals surface area contributed by atoms with Gasteiger partial charge in [0, 0.05) is 11.5 Å². The van der Waals surface area contributed by atoms with E-state index in [9.17, 15) is 10.1 Å². The van der Waals surface area contributed by atoms with E-state index in [1.54, 1.807) is 0 Å². The first-order chi connectivity index (χ1) is 7.70. The zero-order valence-corrected chi connectivity index (χ0v) is 8.55. The van der Waals surface area contributed by atoms with Crippen molar-refractivity contribution in [3.63, 3.8) is 0 Å². The Hall–Kier alpha value is -2.29. The van der Waals surface area contributed by atoms with Crippen molar-refractivity contribution in [2.75, 3.05) is 0 Å². The number of nitrogens with zero attached hydrogens (tertiary/aromatic N) is 4. The molecule has 0 bridgehead atoms. The summed E-state index contributed by atoms with van der Waals surface area (Å²) in [6.07, 6.45) is 1.09. The molecule has 2 aromatic rings. The third kappa shape index (κ3) is 1.88. The van der Waals surface area contributed by atoms with Crippen LogP contribution in [0, 0.1) is 10.1 Å². The second-order valence-corrected chi connectivity index (χ2v) is 3.30. The van der Waals surface area contributed by atoms with Crippen molar-refractivity contribution in [3.05, 3.63) is 22.2 Å². The highest BCUT2D eigenvalue weighted by Crippen LogP contribution is 2.26. The number of hydrogen-bond acceptors (Lipinski definition) is 7. The molecule has 8 nitrogen and oxygen atoms in total. The summed E-state index contributed by atoms with van der Waals surface area (Å²) in [4.78, 5) is 17.4. The Labute approximate surface area is 92.8 Å². The van der Waals surface area contributed by atoms with E-state index in [-0.39, 0.29) is 17.5 Å². The van der Waals surface area contributed by atoms with Gasteiger partial charge >= 0.3 is 5.88 Å². The molecular weight excluding hydrogens is 234 g/mol. The summed E-state index contributed by atoms with van der Waals surface area (Å²) in [6.45, 7) is 0. The van der Waals surface area contributed by atoms with Gasteiger partial charge in [0.15, 0.2) is 5.76 Å². The van der Waals surface area contributed by atoms with Crippen LogP contribution in [0.15, 0.2) is 21.5 Å². The lowest BCUT2D eigenvalue weighted by Gasteiger charge is -1.85. The second kappa shape index (κ2) is 4.06. The minimum atomic E-state index is -0.630. The summed E-state index contributed by atoms with van der Waals surface area (Å²) in [5.41, 5.74) is 5.09. The lowest BCUT2D eigenvalue weighted by Crippen LogP contribution is -1.85. The summed E-state index contributed by atoms with van der Waals surface area (Å²) >= 11 is 1.02. The lowest BCUT2D eigenvalue weighted by molar-refractivity contribution is -0.401. The van der Waals surface area contributed by atoms with E-state index in [0.717, 1.165) is 17.9 Å². The van der Waals surface area contributed by atoms with Crippen LogP contribution in [0.4, 0.5) is 11.0 Å². The molecule has 0 saturated carbocycles. The summed E-state index contributed by atoms with van der Waals surface area (Å²) < 4.78 is 8.84. The summed E-state index contributed by atoms with van der Waals surface area (Å²) in [5.74, 6) is 0.119. The van der Waals surface area contributed by atoms with Crippen LogP contribution in [0.3, 0.4) is 0 Å². The average molecular weight is 239 g/mol. The Balaban J connectivity index is 2.31. The highest BCUT2D eigenvalue weighted by Gasteiger charge is 2.16. The monoisotopic (exact) mass is 239 g/mol. The predicted octanol–water partition coefficient (Wildman–Crippen LogP) is 1.32. The Bertz CT molecular complexity index is 546. The molecule has 0 amide bonds. The third-order valence-corrected chi connectivity index (χ3v) is 2.22. The molecule has 2 N–H and O–H groups in total. The van der Waals surface area contributed by atoms with Gasteiger partial charge in [-0.1, -0.05) is 0 Å². The van der Waals surface area contributed by atoms with Gasteiger partial charge in [0.1, 0.15) is 4.92 Å². The lowest BCUT2D eigenvalue weighted by atomic mass is 10.4. The maximum absolute atomic E-state index is 10.4. The Kier molecular flexibility index (Phi) is 2.60. The number of furan rings is 1. The Morgan fingerprint density at radius 1 is 1.62 bits per heavy atom. The van der Waals surface area contributed by atoms with Crippen molar-refractivity contribution < 1.29 is 9.34 Å². The topological polar surface area (TPSA) is 120 Å². The van der Waals surface area contributed by atoms with Gasteiger partial charge < -0.3 is 10.2 Å². The van der Waals surface area contributed by atoms with Gasteiger partial charge in [0.25, 0.3) is 0 Å². The molecule has 0 aliphatic rings. The first-order valence-corrected chi connectivity index (χ1v) is 4.80. The van der Waals surface area contributed by atoms with Gasteiger partial charge in [-0.15, -0.1) is 0 Å². The molecule has 0 aliphatic heterocycles. The highest BCUT2D eigenvalue weighted by molar-refractivity contribution is 7.09. The molecule has 0 spiro atoms. The minimum absolute atomic E-state index is 0.224. The summed E-state index contributed by atoms with van der Waals surface area (Å²) in [5, 5.41) is 10.7. The SMILES string of the molecule is NC=Nc1nc(-c2ccc([N+](=O)[O-])o2)ns1. The maximum atomic E-state index is 10.4. The largest absolute Gasteiger partial charge is 0.433 e. The number of nitrogens with two attached hydrogens (primary N) is 1. The van der Waals surface area contributed by atoms with Crippen LogP contribution in [-0.4, -0.2) is 20.6 Å². The molecule has 0 atom stereocenters. The number of nitro groups is 1. The van der Waals surface area contributed by atoms with Gasteiger partial charge in [-0.3, -0.25) is 10.1 Å². The van der Waals surface area contributed by atoms with Crippen molar-refractivity contribution in [2.24, 2.45) is 10.7 Å². The second-order valence-electron chi connectivity index (χ2n) is 2.57. The van der Waals surface area contributed by atoms with E-state index in [1.807, 2.05) is 0 Å². The Morgan fingerprint density at radius 3 is 3.06 bits per heavy atom. The molecule has 82 valence electrons. The van der Waals surface area contributed by atoms with Gasteiger partial charge in [0.05, 0.1) is 12.4 Å². The molecule has 0 radical (unpaired) electrons. The smallest absolute Gasteiger partial charge is 0.397 e. The van der Waals surface area contributed by atoms with Gasteiger partial charge in [0.2, 0.25) is 11.0 Å². The van der Waals surface area contributed by atoms with E-state index in [2.05, 4.69) is 14.3 Å². The van der Waals surface area contributed by atoms with Crippen LogP contribution < -0.4 is 5.73 Å². The quantitative estimate of drug-likeness (QED) is 0.373. The molecule has 2 aromatic heterocycles. The van der Waals surface area contributed by atoms with E-state index in [0.29, 0.717) is 5.13 Å². The van der Waals surface area contributed by atoms with Gasteiger partial charge in [-0.25, -0.2) is 4.99 Å². The van der Waals surface area contributed by atoms with Crippen LogP contribution >= 0.6 is 11.5 Å². The first-order valence-electron chi connectivity index (χ1n) is 4.03. The molecule has 0 saturated heterocycles. The van der Waals surface area contributed by atoms with Crippen LogP contribution in [-0.2, 0) is 0 Å². The van der Waals surface area contributed by atoms with E-state index >= 15 is 0 Å². The van der Waals surface area contributed by atoms with E-state index in [1.165, 1.54) is 12.1 Å². The molecule has 16 heavy (non-hydrogen) atoms. The predicted molar refractivity (Wildman–Crippen MR) is 56.6 cm³/mol. The zero-order chi connectivity index (χ0) is 11.5. The molecule has 0 fully saturated rings. The number of hydrogen-bond donors (Lipinski definition) is 1. The van der Waals surface area contributed by atoms with Gasteiger partial charge in [-0.05, 0) is 6.07 Å². The molecule has 2 rings (SSSR count). The molecule has 9 heteroatoms. The fourth-order valence-electron chi connectivity index (χ4n) is 0.978. The molecular formula is C7H5N5O3S. The van der Waals surface area contributed by atoms with Crippen LogP contribution in [0.2, 0.25) is 0 Å². The van der Waals surface area contributed by atoms with Crippen LogP contribution in [0.1, 0.15) is 0 Å². The van der Waals surface area contributed by atoms with E-state index < -0.39 is 4.92 Å². The zero-order valence-electron chi connectivity index (χ0n) is 7.73. The number of rotatable bonds is 3. The molecule has 0 aromatic carbocycles. The van der Waals surface area contributed by atoms with Crippen molar-refractivity contribution in [2.45, 2.75) is 0 Å². The molecule has 0 unspecified atom stereocenters. The number of aliphatic imine (C=N–C) groups is 1. The molecule has 2 heterocycles. The normalized spacial score (nSPS) is 11.0. The number of aromatic nitrogens is 2. The molecule has 0 aliphatic carbocycles. The van der Waals surface area contributed by atoms with Crippen molar-refractivity contribution in [3.8, 4) is 11.6 Å². The Morgan fingerprint density at radius 2 is 2.44 bits per heavy atom. The van der Waals surface area contributed by atoms with Crippen molar-refractivity contribution in [1.82, 2.24) is 9.36 Å². The maximum Gasteiger partial charge on any atom is 0.433 e. The van der Waals surface area contributed by atoms with Gasteiger partial charge in [-0.2, -0.15) is 9.36 Å². The standard InChI is InChI=1S/C7H5N5O3S/c8-3-9-7-10-6(11-16-7)4-1-2-5(15-4)12(13)14/h1-3H,(H2,8,9,10,11). The van der Waals surface area contributed by atoms with Crippen molar-refractivity contribution in [1.29, 1.82) is 0 Å². The average Bonchev–Trinajstić information content (AvgIpc) is 2.84. The summed E-state index contributed by atoms with van der Waals surface area (Å²) in [6, 6.07) is 2.67. The van der Waals surface area contributed by atoms with E-state index in [4.69, 9.17) is 10.2 Å². The first kappa shape index (κ1) is 10.2. The summed E-state index contributed by atoms with van der Waals surface area (Å²) in [7, 11) is 0. The highest BCUT2D eigenvalue weighted by atomic mass is 32.1. The fraction of sp³-hybridized carbons (Fsp3) is 0. The fourth-order valence-corrected chi connectivity index (χ4v) is 1.51. The van der Waals surface area contributed by atoms with Crippen LogP contribution in [0.25, 0.3) is 11.6 Å².